The molecule has 6 heteroatoms. The molecule has 1 atom stereocenters. The summed E-state index contributed by atoms with van der Waals surface area (Å²) in [5.74, 6) is 0.606. The molecular formula is C13H27Cl2N3O. The highest BCUT2D eigenvalue weighted by Crippen LogP contribution is 2.15. The summed E-state index contributed by atoms with van der Waals surface area (Å²) in [5.41, 5.74) is 0. The van der Waals surface area contributed by atoms with E-state index in [1.165, 1.54) is 0 Å². The summed E-state index contributed by atoms with van der Waals surface area (Å²) in [5, 5.41) is 3.32. The number of halogens is 2. The summed E-state index contributed by atoms with van der Waals surface area (Å²) in [6, 6.07) is 0.601. The summed E-state index contributed by atoms with van der Waals surface area (Å²) in [6.45, 7) is 10.3. The molecule has 2 saturated heterocycles. The fourth-order valence-corrected chi connectivity index (χ4v) is 2.78. The first-order valence-corrected chi connectivity index (χ1v) is 6.92. The summed E-state index contributed by atoms with van der Waals surface area (Å²) >= 11 is 0. The lowest BCUT2D eigenvalue weighted by atomic mass is 9.98. The average molecular weight is 312 g/mol. The molecule has 0 spiro atoms. The van der Waals surface area contributed by atoms with Crippen molar-refractivity contribution in [2.75, 3.05) is 39.3 Å². The van der Waals surface area contributed by atoms with Crippen LogP contribution in [-0.2, 0) is 4.79 Å². The van der Waals surface area contributed by atoms with Gasteiger partial charge in [0.25, 0.3) is 0 Å². The molecule has 114 valence electrons. The van der Waals surface area contributed by atoms with Gasteiger partial charge in [-0.2, -0.15) is 0 Å². The highest BCUT2D eigenvalue weighted by Gasteiger charge is 2.28. The van der Waals surface area contributed by atoms with Crippen molar-refractivity contribution in [2.24, 2.45) is 5.92 Å². The molecule has 19 heavy (non-hydrogen) atoms. The highest BCUT2D eigenvalue weighted by molar-refractivity contribution is 5.85. The Balaban J connectivity index is 0.00000162. The van der Waals surface area contributed by atoms with Gasteiger partial charge in [0.2, 0.25) is 5.91 Å². The third kappa shape index (κ3) is 5.10. The molecule has 2 aliphatic rings. The van der Waals surface area contributed by atoms with Gasteiger partial charge in [-0.25, -0.2) is 0 Å². The van der Waals surface area contributed by atoms with Crippen molar-refractivity contribution in [3.63, 3.8) is 0 Å². The smallest absolute Gasteiger partial charge is 0.227 e. The molecule has 2 aliphatic heterocycles. The number of carbonyl (C=O) groups excluding carboxylic acids is 1. The number of hydrogen-bond acceptors (Lipinski definition) is 3. The Morgan fingerprint density at radius 2 is 1.79 bits per heavy atom. The first kappa shape index (κ1) is 19.0. The quantitative estimate of drug-likeness (QED) is 0.837. The number of carbonyl (C=O) groups is 1. The first-order valence-electron chi connectivity index (χ1n) is 6.92. The van der Waals surface area contributed by atoms with Crippen molar-refractivity contribution >= 4 is 30.7 Å². The zero-order chi connectivity index (χ0) is 12.3. The van der Waals surface area contributed by atoms with Gasteiger partial charge in [0.05, 0.1) is 5.92 Å². The van der Waals surface area contributed by atoms with Crippen molar-refractivity contribution in [2.45, 2.75) is 32.7 Å². The average Bonchev–Trinajstić information content (AvgIpc) is 2.39. The number of piperazine rings is 1. The van der Waals surface area contributed by atoms with E-state index in [1.807, 2.05) is 0 Å². The van der Waals surface area contributed by atoms with Crippen molar-refractivity contribution in [3.8, 4) is 0 Å². The van der Waals surface area contributed by atoms with Gasteiger partial charge in [0, 0.05) is 38.8 Å². The summed E-state index contributed by atoms with van der Waals surface area (Å²) < 4.78 is 0. The van der Waals surface area contributed by atoms with E-state index in [9.17, 15) is 4.79 Å². The Hall–Kier alpha value is -0.0300. The van der Waals surface area contributed by atoms with Crippen LogP contribution < -0.4 is 5.32 Å². The first-order chi connectivity index (χ1) is 8.18. The van der Waals surface area contributed by atoms with Gasteiger partial charge < -0.3 is 10.2 Å². The van der Waals surface area contributed by atoms with Crippen LogP contribution in [0.15, 0.2) is 0 Å². The normalized spacial score (nSPS) is 24.6. The van der Waals surface area contributed by atoms with E-state index < -0.39 is 0 Å². The molecule has 1 N–H and O–H groups in total. The van der Waals surface area contributed by atoms with E-state index in [1.54, 1.807) is 0 Å². The lowest BCUT2D eigenvalue weighted by Crippen LogP contribution is -2.53. The number of nitrogens with one attached hydrogen (secondary N) is 1. The Kier molecular flexibility index (Phi) is 8.99. The number of nitrogens with zero attached hydrogens (tertiary/aromatic N) is 2. The minimum Gasteiger partial charge on any atom is -0.340 e. The predicted molar refractivity (Wildman–Crippen MR) is 83.4 cm³/mol. The van der Waals surface area contributed by atoms with Gasteiger partial charge in [0.15, 0.2) is 0 Å². The molecular weight excluding hydrogens is 285 g/mol. The molecule has 0 bridgehead atoms. The molecule has 2 rings (SSSR count). The van der Waals surface area contributed by atoms with E-state index in [4.69, 9.17) is 0 Å². The molecule has 2 heterocycles. The van der Waals surface area contributed by atoms with Crippen LogP contribution in [-0.4, -0.2) is 61.0 Å². The van der Waals surface area contributed by atoms with Crippen LogP contribution in [0.2, 0.25) is 0 Å². The van der Waals surface area contributed by atoms with Gasteiger partial charge in [-0.05, 0) is 33.2 Å². The van der Waals surface area contributed by atoms with Crippen LogP contribution in [0.25, 0.3) is 0 Å². The molecule has 1 amide bonds. The maximum atomic E-state index is 12.3. The van der Waals surface area contributed by atoms with Gasteiger partial charge in [0.1, 0.15) is 0 Å². The third-order valence-corrected chi connectivity index (χ3v) is 4.00. The minimum absolute atomic E-state index is 0. The van der Waals surface area contributed by atoms with Crippen LogP contribution in [0.3, 0.4) is 0 Å². The topological polar surface area (TPSA) is 35.6 Å². The Labute approximate surface area is 129 Å². The van der Waals surface area contributed by atoms with Gasteiger partial charge in [-0.1, -0.05) is 0 Å². The van der Waals surface area contributed by atoms with Crippen LogP contribution in [0.4, 0.5) is 0 Å². The predicted octanol–water partition coefficient (Wildman–Crippen LogP) is 1.38. The van der Waals surface area contributed by atoms with E-state index in [0.29, 0.717) is 11.9 Å². The second kappa shape index (κ2) is 9.01. The largest absolute Gasteiger partial charge is 0.340 e. The lowest BCUT2D eigenvalue weighted by molar-refractivity contribution is -0.138. The second-order valence-electron chi connectivity index (χ2n) is 5.50. The van der Waals surface area contributed by atoms with Gasteiger partial charge >= 0.3 is 0 Å². The number of piperidine rings is 1. The highest BCUT2D eigenvalue weighted by atomic mass is 35.5. The van der Waals surface area contributed by atoms with Crippen LogP contribution in [0.5, 0.6) is 0 Å². The minimum atomic E-state index is 0. The molecule has 0 aromatic carbocycles. The maximum absolute atomic E-state index is 12.3. The summed E-state index contributed by atoms with van der Waals surface area (Å²) in [4.78, 5) is 16.8. The van der Waals surface area contributed by atoms with Gasteiger partial charge in [-0.15, -0.1) is 24.8 Å². The van der Waals surface area contributed by atoms with Crippen LogP contribution in [0.1, 0.15) is 26.7 Å². The SMILES string of the molecule is CC(C)N1CCN(C(=O)C2CCCNC2)CC1.Cl.Cl. The molecule has 1 unspecified atom stereocenters. The van der Waals surface area contributed by atoms with E-state index >= 15 is 0 Å². The monoisotopic (exact) mass is 311 g/mol. The van der Waals surface area contributed by atoms with Crippen LogP contribution in [0, 0.1) is 5.92 Å². The Morgan fingerprint density at radius 3 is 2.26 bits per heavy atom. The molecule has 0 radical (unpaired) electrons. The fourth-order valence-electron chi connectivity index (χ4n) is 2.78. The maximum Gasteiger partial charge on any atom is 0.227 e. The van der Waals surface area contributed by atoms with Crippen LogP contribution >= 0.6 is 24.8 Å². The Bertz CT molecular complexity index is 263. The second-order valence-corrected chi connectivity index (χ2v) is 5.50. The third-order valence-electron chi connectivity index (χ3n) is 4.00. The fraction of sp³-hybridized carbons (Fsp3) is 0.923. The van der Waals surface area contributed by atoms with Crippen molar-refractivity contribution in [1.82, 2.24) is 15.1 Å². The molecule has 0 aromatic heterocycles. The van der Waals surface area contributed by atoms with E-state index in [2.05, 4.69) is 29.0 Å². The standard InChI is InChI=1S/C13H25N3O.2ClH/c1-11(2)15-6-8-16(9-7-15)13(17)12-4-3-5-14-10-12;;/h11-12,14H,3-10H2,1-2H3;2*1H. The van der Waals surface area contributed by atoms with Crippen molar-refractivity contribution < 1.29 is 4.79 Å². The number of rotatable bonds is 2. The van der Waals surface area contributed by atoms with E-state index in [0.717, 1.165) is 52.1 Å². The molecule has 4 nitrogen and oxygen atoms in total. The number of amides is 1. The molecule has 0 aromatic rings. The van der Waals surface area contributed by atoms with Gasteiger partial charge in [-0.3, -0.25) is 9.69 Å². The zero-order valence-electron chi connectivity index (χ0n) is 11.9. The summed E-state index contributed by atoms with van der Waals surface area (Å²) in [7, 11) is 0. The number of hydrogen-bond donors (Lipinski definition) is 1. The molecule has 0 saturated carbocycles. The molecule has 0 aliphatic carbocycles. The van der Waals surface area contributed by atoms with E-state index in [-0.39, 0.29) is 30.7 Å². The van der Waals surface area contributed by atoms with Crippen molar-refractivity contribution in [3.05, 3.63) is 0 Å². The lowest BCUT2D eigenvalue weighted by Gasteiger charge is -2.38. The zero-order valence-corrected chi connectivity index (χ0v) is 13.6. The summed E-state index contributed by atoms with van der Waals surface area (Å²) in [6.07, 6.45) is 2.21. The Morgan fingerprint density at radius 1 is 1.16 bits per heavy atom. The van der Waals surface area contributed by atoms with Crippen molar-refractivity contribution in [1.29, 1.82) is 0 Å². The molecule has 2 fully saturated rings.